The Labute approximate surface area is 174 Å². The lowest BCUT2D eigenvalue weighted by molar-refractivity contribution is -0.159. The fraction of sp³-hybridized carbons (Fsp3) is 0.579. The summed E-state index contributed by atoms with van der Waals surface area (Å²) in [6.07, 6.45) is 8.46. The van der Waals surface area contributed by atoms with Crippen LogP contribution in [0.4, 0.5) is 0 Å². The highest BCUT2D eigenvalue weighted by Crippen LogP contribution is 2.27. The zero-order valence-electron chi connectivity index (χ0n) is 15.6. The van der Waals surface area contributed by atoms with Gasteiger partial charge in [0, 0.05) is 17.6 Å². The Morgan fingerprint density at radius 2 is 1.64 bits per heavy atom. The Kier molecular flexibility index (Phi) is 11.9. The number of benzene rings is 1. The maximum atomic E-state index is 10.1. The highest BCUT2D eigenvalue weighted by Gasteiger charge is 2.13. The molecular formula is C19H27Cl2NO6. The van der Waals surface area contributed by atoms with Crippen LogP contribution in [0.3, 0.4) is 0 Å². The van der Waals surface area contributed by atoms with Crippen molar-refractivity contribution in [1.82, 2.24) is 5.32 Å². The summed E-state index contributed by atoms with van der Waals surface area (Å²) in [7, 11) is 0. The van der Waals surface area contributed by atoms with Gasteiger partial charge in [0.15, 0.2) is 0 Å². The summed E-state index contributed by atoms with van der Waals surface area (Å²) in [6.45, 7) is 0.775. The highest BCUT2D eigenvalue weighted by molar-refractivity contribution is 6.35. The number of hydrogen-bond acceptors (Lipinski definition) is 5. The molecule has 1 saturated carbocycles. The second-order valence-electron chi connectivity index (χ2n) is 6.60. The van der Waals surface area contributed by atoms with E-state index in [2.05, 4.69) is 5.32 Å². The fourth-order valence-corrected chi connectivity index (χ4v) is 3.26. The van der Waals surface area contributed by atoms with Gasteiger partial charge in [0.1, 0.15) is 18.5 Å². The summed E-state index contributed by atoms with van der Waals surface area (Å²) >= 11 is 11.9. The van der Waals surface area contributed by atoms with Crippen LogP contribution in [-0.4, -0.2) is 52.6 Å². The molecule has 0 aromatic heterocycles. The van der Waals surface area contributed by atoms with Crippen molar-refractivity contribution in [2.45, 2.75) is 57.1 Å². The van der Waals surface area contributed by atoms with Gasteiger partial charge in [0.25, 0.3) is 0 Å². The predicted octanol–water partition coefficient (Wildman–Crippen LogP) is 3.59. The number of aliphatic carboxylic acids is 2. The van der Waals surface area contributed by atoms with Crippen molar-refractivity contribution >= 4 is 35.1 Å². The van der Waals surface area contributed by atoms with Crippen LogP contribution in [0, 0.1) is 0 Å². The Morgan fingerprint density at radius 1 is 1.07 bits per heavy atom. The van der Waals surface area contributed by atoms with Crippen LogP contribution in [0.25, 0.3) is 0 Å². The van der Waals surface area contributed by atoms with Crippen molar-refractivity contribution in [3.8, 4) is 5.75 Å². The molecule has 1 fully saturated rings. The molecule has 0 bridgehead atoms. The topological polar surface area (TPSA) is 116 Å². The maximum Gasteiger partial charge on any atom is 0.414 e. The van der Waals surface area contributed by atoms with Crippen LogP contribution in [0.5, 0.6) is 5.75 Å². The summed E-state index contributed by atoms with van der Waals surface area (Å²) in [5, 5.41) is 29.3. The first-order valence-electron chi connectivity index (χ1n) is 9.25. The SMILES string of the molecule is O=C(O)C(=O)O.OC(CNC1CCCCCCC1)COc1ccc(Cl)cc1Cl. The van der Waals surface area contributed by atoms with Crippen LogP contribution in [0.15, 0.2) is 18.2 Å². The Balaban J connectivity index is 0.000000568. The molecule has 2 rings (SSSR count). The lowest BCUT2D eigenvalue weighted by atomic mass is 9.96. The number of aliphatic hydroxyl groups is 1. The summed E-state index contributed by atoms with van der Waals surface area (Å²) in [5.74, 6) is -3.10. The number of carboxylic acids is 2. The summed E-state index contributed by atoms with van der Waals surface area (Å²) in [6, 6.07) is 5.60. The number of rotatable bonds is 6. The summed E-state index contributed by atoms with van der Waals surface area (Å²) < 4.78 is 5.56. The minimum absolute atomic E-state index is 0.223. The molecule has 1 aromatic carbocycles. The molecule has 28 heavy (non-hydrogen) atoms. The molecule has 1 aromatic rings. The molecule has 0 aliphatic heterocycles. The van der Waals surface area contributed by atoms with E-state index in [1.807, 2.05) is 0 Å². The minimum Gasteiger partial charge on any atom is -0.489 e. The number of ether oxygens (including phenoxy) is 1. The maximum absolute atomic E-state index is 10.1. The number of nitrogens with one attached hydrogen (secondary N) is 1. The Morgan fingerprint density at radius 3 is 2.18 bits per heavy atom. The average molecular weight is 436 g/mol. The molecule has 1 aliphatic carbocycles. The van der Waals surface area contributed by atoms with Crippen molar-refractivity contribution in [2.75, 3.05) is 13.2 Å². The van der Waals surface area contributed by atoms with Crippen LogP contribution in [0.1, 0.15) is 44.9 Å². The molecule has 0 spiro atoms. The molecule has 0 saturated heterocycles. The first-order chi connectivity index (χ1) is 13.3. The van der Waals surface area contributed by atoms with E-state index in [0.29, 0.717) is 28.4 Å². The van der Waals surface area contributed by atoms with Crippen molar-refractivity contribution in [2.24, 2.45) is 0 Å². The van der Waals surface area contributed by atoms with Crippen LogP contribution < -0.4 is 10.1 Å². The largest absolute Gasteiger partial charge is 0.489 e. The van der Waals surface area contributed by atoms with E-state index < -0.39 is 18.0 Å². The van der Waals surface area contributed by atoms with Crippen molar-refractivity contribution in [1.29, 1.82) is 0 Å². The van der Waals surface area contributed by atoms with Gasteiger partial charge in [0.05, 0.1) is 5.02 Å². The molecular weight excluding hydrogens is 409 g/mol. The van der Waals surface area contributed by atoms with E-state index in [4.69, 9.17) is 47.7 Å². The number of aliphatic hydroxyl groups excluding tert-OH is 1. The van der Waals surface area contributed by atoms with Gasteiger partial charge in [0.2, 0.25) is 0 Å². The van der Waals surface area contributed by atoms with Gasteiger partial charge >= 0.3 is 11.9 Å². The molecule has 1 unspecified atom stereocenters. The van der Waals surface area contributed by atoms with Gasteiger partial charge in [-0.15, -0.1) is 0 Å². The molecule has 9 heteroatoms. The van der Waals surface area contributed by atoms with Crippen LogP contribution >= 0.6 is 23.2 Å². The zero-order valence-corrected chi connectivity index (χ0v) is 17.1. The number of carbonyl (C=O) groups is 2. The summed E-state index contributed by atoms with van der Waals surface area (Å²) in [5.41, 5.74) is 0. The summed E-state index contributed by atoms with van der Waals surface area (Å²) in [4.78, 5) is 18.2. The second kappa shape index (κ2) is 13.6. The standard InChI is InChI=1S/C17H25Cl2NO2.C2H2O4/c18-13-8-9-17(16(19)10-13)22-12-15(21)11-20-14-6-4-2-1-3-5-7-14;3-1(4)2(5)6/h8-10,14-15,20-21H,1-7,11-12H2;(H,3,4)(H,5,6). The zero-order chi connectivity index (χ0) is 20.9. The van der Waals surface area contributed by atoms with Gasteiger partial charge in [-0.3, -0.25) is 0 Å². The minimum atomic E-state index is -1.82. The molecule has 0 amide bonds. The van der Waals surface area contributed by atoms with Gasteiger partial charge in [-0.25, -0.2) is 9.59 Å². The average Bonchev–Trinajstić information content (AvgIpc) is 2.60. The normalized spacial score (nSPS) is 16.1. The molecule has 0 heterocycles. The first kappa shape index (κ1) is 24.5. The molecule has 1 aliphatic rings. The first-order valence-corrected chi connectivity index (χ1v) is 10.0. The third kappa shape index (κ3) is 10.7. The quantitative estimate of drug-likeness (QED) is 0.504. The molecule has 7 nitrogen and oxygen atoms in total. The number of hydrogen-bond donors (Lipinski definition) is 4. The van der Waals surface area contributed by atoms with Crippen LogP contribution in [-0.2, 0) is 9.59 Å². The monoisotopic (exact) mass is 435 g/mol. The predicted molar refractivity (Wildman–Crippen MR) is 107 cm³/mol. The second-order valence-corrected chi connectivity index (χ2v) is 7.44. The highest BCUT2D eigenvalue weighted by atomic mass is 35.5. The third-order valence-electron chi connectivity index (χ3n) is 4.26. The van der Waals surface area contributed by atoms with E-state index in [0.717, 1.165) is 0 Å². The van der Waals surface area contributed by atoms with Crippen molar-refractivity contribution in [3.05, 3.63) is 28.2 Å². The molecule has 1 atom stereocenters. The van der Waals surface area contributed by atoms with E-state index in [1.165, 1.54) is 44.9 Å². The number of halogens is 2. The van der Waals surface area contributed by atoms with Crippen molar-refractivity contribution in [3.63, 3.8) is 0 Å². The lowest BCUT2D eigenvalue weighted by Crippen LogP contribution is -2.38. The lowest BCUT2D eigenvalue weighted by Gasteiger charge is -2.23. The van der Waals surface area contributed by atoms with Gasteiger partial charge in [-0.05, 0) is 31.0 Å². The smallest absolute Gasteiger partial charge is 0.414 e. The van der Waals surface area contributed by atoms with Crippen LogP contribution in [0.2, 0.25) is 10.0 Å². The molecule has 158 valence electrons. The van der Waals surface area contributed by atoms with Gasteiger partial charge in [-0.1, -0.05) is 55.3 Å². The Bertz CT molecular complexity index is 608. The van der Waals surface area contributed by atoms with E-state index in [-0.39, 0.29) is 6.61 Å². The van der Waals surface area contributed by atoms with Gasteiger partial charge < -0.3 is 25.4 Å². The van der Waals surface area contributed by atoms with E-state index in [1.54, 1.807) is 18.2 Å². The van der Waals surface area contributed by atoms with Crippen molar-refractivity contribution < 1.29 is 29.6 Å². The number of carboxylic acid groups (broad SMARTS) is 2. The molecule has 0 radical (unpaired) electrons. The van der Waals surface area contributed by atoms with E-state index >= 15 is 0 Å². The molecule has 4 N–H and O–H groups in total. The van der Waals surface area contributed by atoms with E-state index in [9.17, 15) is 5.11 Å². The third-order valence-corrected chi connectivity index (χ3v) is 4.79. The van der Waals surface area contributed by atoms with Gasteiger partial charge in [-0.2, -0.15) is 0 Å². The Hall–Kier alpha value is -1.54. The fourth-order valence-electron chi connectivity index (χ4n) is 2.80.